The molecule has 1 aromatic carbocycles. The molecule has 0 aliphatic rings. The summed E-state index contributed by atoms with van der Waals surface area (Å²) in [6.45, 7) is 1.68. The van der Waals surface area contributed by atoms with Crippen molar-refractivity contribution < 1.29 is 24.1 Å². The number of aliphatic hydroxyl groups is 1. The van der Waals surface area contributed by atoms with Gasteiger partial charge in [-0.15, -0.1) is 0 Å². The zero-order valence-electron chi connectivity index (χ0n) is 12.0. The van der Waals surface area contributed by atoms with Crippen LogP contribution in [0.3, 0.4) is 0 Å². The lowest BCUT2D eigenvalue weighted by Crippen LogP contribution is -2.24. The summed E-state index contributed by atoms with van der Waals surface area (Å²) in [6, 6.07) is 5.46. The maximum Gasteiger partial charge on any atom is 0.161 e. The van der Waals surface area contributed by atoms with Crippen molar-refractivity contribution in [1.82, 2.24) is 0 Å². The van der Waals surface area contributed by atoms with Crippen molar-refractivity contribution >= 4 is 0 Å². The van der Waals surface area contributed by atoms with Gasteiger partial charge >= 0.3 is 0 Å². The first-order valence-corrected chi connectivity index (χ1v) is 6.45. The molecule has 114 valence electrons. The van der Waals surface area contributed by atoms with E-state index in [4.69, 9.17) is 24.7 Å². The molecule has 6 nitrogen and oxygen atoms in total. The second kappa shape index (κ2) is 9.55. The molecular weight excluding hydrogens is 262 g/mol. The summed E-state index contributed by atoms with van der Waals surface area (Å²) in [4.78, 5) is 0. The third-order valence-corrected chi connectivity index (χ3v) is 2.64. The topological polar surface area (TPSA) is 83.2 Å². The summed E-state index contributed by atoms with van der Waals surface area (Å²) in [5, 5.41) is 9.74. The molecule has 1 atom stereocenters. The van der Waals surface area contributed by atoms with Crippen molar-refractivity contribution in [3.05, 3.63) is 23.8 Å². The predicted octanol–water partition coefficient (Wildman–Crippen LogP) is 0.557. The fourth-order valence-electron chi connectivity index (χ4n) is 1.56. The summed E-state index contributed by atoms with van der Waals surface area (Å²) in [5.41, 5.74) is 6.52. The molecule has 0 heterocycles. The Labute approximate surface area is 119 Å². The van der Waals surface area contributed by atoms with Crippen molar-refractivity contribution in [1.29, 1.82) is 0 Å². The highest BCUT2D eigenvalue weighted by molar-refractivity contribution is 5.42. The van der Waals surface area contributed by atoms with Crippen LogP contribution in [0.15, 0.2) is 18.2 Å². The van der Waals surface area contributed by atoms with E-state index in [1.54, 1.807) is 26.4 Å². The van der Waals surface area contributed by atoms with Crippen LogP contribution in [0.5, 0.6) is 11.5 Å². The predicted molar refractivity (Wildman–Crippen MR) is 75.1 cm³/mol. The fraction of sp³-hybridized carbons (Fsp3) is 0.571. The van der Waals surface area contributed by atoms with Gasteiger partial charge < -0.3 is 29.8 Å². The van der Waals surface area contributed by atoms with E-state index in [0.717, 1.165) is 5.56 Å². The van der Waals surface area contributed by atoms with Crippen LogP contribution in [0.1, 0.15) is 5.56 Å². The largest absolute Gasteiger partial charge is 0.493 e. The van der Waals surface area contributed by atoms with Gasteiger partial charge in [0.15, 0.2) is 11.5 Å². The molecule has 1 unspecified atom stereocenters. The minimum Gasteiger partial charge on any atom is -0.493 e. The summed E-state index contributed by atoms with van der Waals surface area (Å²) in [6.07, 6.45) is -0.710. The number of hydrogen-bond donors (Lipinski definition) is 2. The van der Waals surface area contributed by atoms with E-state index >= 15 is 0 Å². The van der Waals surface area contributed by atoms with Crippen LogP contribution >= 0.6 is 0 Å². The molecule has 0 fully saturated rings. The van der Waals surface area contributed by atoms with Gasteiger partial charge in [-0.3, -0.25) is 0 Å². The SMILES string of the molecule is COCCOCC(O)COc1cc(CN)ccc1OC. The van der Waals surface area contributed by atoms with Crippen molar-refractivity contribution in [2.75, 3.05) is 40.6 Å². The first kappa shape index (κ1) is 16.7. The molecule has 0 saturated carbocycles. The Morgan fingerprint density at radius 3 is 2.60 bits per heavy atom. The smallest absolute Gasteiger partial charge is 0.161 e. The number of rotatable bonds is 10. The van der Waals surface area contributed by atoms with Crippen molar-refractivity contribution in [2.45, 2.75) is 12.6 Å². The zero-order chi connectivity index (χ0) is 14.8. The quantitative estimate of drug-likeness (QED) is 0.611. The Balaban J connectivity index is 2.43. The number of hydrogen-bond acceptors (Lipinski definition) is 6. The lowest BCUT2D eigenvalue weighted by atomic mass is 10.2. The molecule has 0 aliphatic heterocycles. The highest BCUT2D eigenvalue weighted by Gasteiger charge is 2.09. The summed E-state index contributed by atoms with van der Waals surface area (Å²) in [7, 11) is 3.16. The van der Waals surface area contributed by atoms with Crippen molar-refractivity contribution in [3.63, 3.8) is 0 Å². The average molecular weight is 285 g/mol. The molecule has 20 heavy (non-hydrogen) atoms. The van der Waals surface area contributed by atoms with Crippen molar-refractivity contribution in [2.24, 2.45) is 5.73 Å². The summed E-state index contributed by atoms with van der Waals surface area (Å²) >= 11 is 0. The third kappa shape index (κ3) is 5.75. The molecule has 0 saturated heterocycles. The number of nitrogens with two attached hydrogens (primary N) is 1. The molecule has 0 aromatic heterocycles. The number of benzene rings is 1. The van der Waals surface area contributed by atoms with Gasteiger partial charge in [0.25, 0.3) is 0 Å². The van der Waals surface area contributed by atoms with Gasteiger partial charge in [-0.05, 0) is 17.7 Å². The molecule has 0 amide bonds. The Morgan fingerprint density at radius 1 is 1.15 bits per heavy atom. The molecule has 0 radical (unpaired) electrons. The number of aliphatic hydroxyl groups excluding tert-OH is 1. The fourth-order valence-corrected chi connectivity index (χ4v) is 1.56. The molecule has 1 rings (SSSR count). The second-order valence-corrected chi connectivity index (χ2v) is 4.22. The van der Waals surface area contributed by atoms with E-state index in [9.17, 15) is 5.11 Å². The standard InChI is InChI=1S/C14H23NO5/c1-17-5-6-19-9-12(16)10-20-14-7-11(8-15)3-4-13(14)18-2/h3-4,7,12,16H,5-6,8-10,15H2,1-2H3. The minimum atomic E-state index is -0.710. The van der Waals surface area contributed by atoms with Crippen LogP contribution < -0.4 is 15.2 Å². The number of ether oxygens (including phenoxy) is 4. The van der Waals surface area contributed by atoms with E-state index in [2.05, 4.69) is 0 Å². The lowest BCUT2D eigenvalue weighted by molar-refractivity contribution is -0.00451. The van der Waals surface area contributed by atoms with Gasteiger partial charge in [0, 0.05) is 13.7 Å². The average Bonchev–Trinajstić information content (AvgIpc) is 2.49. The van der Waals surface area contributed by atoms with Crippen LogP contribution in [-0.4, -0.2) is 51.9 Å². The van der Waals surface area contributed by atoms with Gasteiger partial charge in [0.05, 0.1) is 26.9 Å². The highest BCUT2D eigenvalue weighted by Crippen LogP contribution is 2.28. The Bertz CT molecular complexity index is 386. The lowest BCUT2D eigenvalue weighted by Gasteiger charge is -2.15. The molecule has 6 heteroatoms. The van der Waals surface area contributed by atoms with Crippen LogP contribution in [0, 0.1) is 0 Å². The molecule has 0 spiro atoms. The zero-order valence-corrected chi connectivity index (χ0v) is 12.0. The summed E-state index contributed by atoms with van der Waals surface area (Å²) in [5.74, 6) is 1.17. The van der Waals surface area contributed by atoms with E-state index in [-0.39, 0.29) is 13.2 Å². The van der Waals surface area contributed by atoms with E-state index < -0.39 is 6.10 Å². The van der Waals surface area contributed by atoms with Gasteiger partial charge in [-0.25, -0.2) is 0 Å². The van der Waals surface area contributed by atoms with Crippen LogP contribution in [-0.2, 0) is 16.0 Å². The normalized spacial score (nSPS) is 12.2. The number of methoxy groups -OCH3 is 2. The van der Waals surface area contributed by atoms with E-state index in [1.165, 1.54) is 0 Å². The maximum absolute atomic E-state index is 9.74. The molecule has 0 bridgehead atoms. The van der Waals surface area contributed by atoms with Crippen LogP contribution in [0.4, 0.5) is 0 Å². The Kier molecular flexibility index (Phi) is 7.98. The molecule has 3 N–H and O–H groups in total. The Hall–Kier alpha value is -1.34. The second-order valence-electron chi connectivity index (χ2n) is 4.22. The van der Waals surface area contributed by atoms with Gasteiger partial charge in [0.2, 0.25) is 0 Å². The van der Waals surface area contributed by atoms with Gasteiger partial charge in [-0.1, -0.05) is 6.07 Å². The third-order valence-electron chi connectivity index (χ3n) is 2.64. The van der Waals surface area contributed by atoms with Gasteiger partial charge in [0.1, 0.15) is 12.7 Å². The maximum atomic E-state index is 9.74. The Morgan fingerprint density at radius 2 is 1.95 bits per heavy atom. The highest BCUT2D eigenvalue weighted by atomic mass is 16.5. The molecule has 1 aromatic rings. The monoisotopic (exact) mass is 285 g/mol. The summed E-state index contributed by atoms with van der Waals surface area (Å²) < 4.78 is 20.8. The first-order chi connectivity index (χ1) is 9.71. The van der Waals surface area contributed by atoms with Crippen LogP contribution in [0.25, 0.3) is 0 Å². The van der Waals surface area contributed by atoms with Crippen molar-refractivity contribution in [3.8, 4) is 11.5 Å². The van der Waals surface area contributed by atoms with E-state index in [1.807, 2.05) is 6.07 Å². The van der Waals surface area contributed by atoms with Gasteiger partial charge in [-0.2, -0.15) is 0 Å². The van der Waals surface area contributed by atoms with Crippen LogP contribution in [0.2, 0.25) is 0 Å². The van der Waals surface area contributed by atoms with E-state index in [0.29, 0.717) is 31.3 Å². The first-order valence-electron chi connectivity index (χ1n) is 6.45. The molecule has 0 aliphatic carbocycles. The minimum absolute atomic E-state index is 0.122. The molecular formula is C14H23NO5.